The number of nitrogens with zero attached hydrogens (tertiary/aromatic N) is 1. The topological polar surface area (TPSA) is 52.6 Å². The van der Waals surface area contributed by atoms with Crippen LogP contribution in [-0.2, 0) is 6.54 Å². The maximum atomic E-state index is 6.12. The predicted molar refractivity (Wildman–Crippen MR) is 90.6 cm³/mol. The summed E-state index contributed by atoms with van der Waals surface area (Å²) < 4.78 is 16.5. The Morgan fingerprint density at radius 2 is 2.09 bits per heavy atom. The van der Waals surface area contributed by atoms with Crippen molar-refractivity contribution in [1.82, 2.24) is 10.3 Å². The van der Waals surface area contributed by atoms with Crippen molar-refractivity contribution in [2.24, 2.45) is 0 Å². The maximum absolute atomic E-state index is 6.12. The molecule has 1 aromatic carbocycles. The van der Waals surface area contributed by atoms with Gasteiger partial charge >= 0.3 is 0 Å². The van der Waals surface area contributed by atoms with Gasteiger partial charge in [-0.3, -0.25) is 0 Å². The second-order valence-corrected chi connectivity index (χ2v) is 5.16. The van der Waals surface area contributed by atoms with E-state index in [1.165, 1.54) is 0 Å². The minimum absolute atomic E-state index is 0.526. The fourth-order valence-electron chi connectivity index (χ4n) is 2.10. The van der Waals surface area contributed by atoms with Crippen molar-refractivity contribution in [3.8, 4) is 17.4 Å². The van der Waals surface area contributed by atoms with Crippen molar-refractivity contribution < 1.29 is 14.2 Å². The Morgan fingerprint density at radius 3 is 2.78 bits per heavy atom. The molecule has 0 radical (unpaired) electrons. The molecule has 0 unspecified atom stereocenters. The van der Waals surface area contributed by atoms with Crippen LogP contribution in [0, 0.1) is 0 Å². The van der Waals surface area contributed by atoms with Crippen molar-refractivity contribution >= 4 is 11.6 Å². The SMILES string of the molecule is CCOc1c(CNCCOc2ccccn2)cc(Cl)cc1OC. The lowest BCUT2D eigenvalue weighted by Crippen LogP contribution is -2.21. The molecule has 0 spiro atoms. The van der Waals surface area contributed by atoms with Crippen molar-refractivity contribution in [1.29, 1.82) is 0 Å². The lowest BCUT2D eigenvalue weighted by atomic mass is 10.2. The number of rotatable bonds is 9. The average molecular weight is 337 g/mol. The van der Waals surface area contributed by atoms with E-state index in [0.29, 0.717) is 43.0 Å². The van der Waals surface area contributed by atoms with Gasteiger partial charge in [0.2, 0.25) is 5.88 Å². The molecule has 23 heavy (non-hydrogen) atoms. The molecule has 0 bridgehead atoms. The highest BCUT2D eigenvalue weighted by Gasteiger charge is 2.12. The minimum Gasteiger partial charge on any atom is -0.493 e. The third-order valence-corrected chi connectivity index (χ3v) is 3.31. The van der Waals surface area contributed by atoms with E-state index in [9.17, 15) is 0 Å². The van der Waals surface area contributed by atoms with Gasteiger partial charge in [0.05, 0.1) is 13.7 Å². The molecule has 1 heterocycles. The van der Waals surface area contributed by atoms with Crippen LogP contribution in [0.1, 0.15) is 12.5 Å². The zero-order chi connectivity index (χ0) is 16.5. The van der Waals surface area contributed by atoms with Crippen LogP contribution in [0.3, 0.4) is 0 Å². The average Bonchev–Trinajstić information content (AvgIpc) is 2.57. The number of methoxy groups -OCH3 is 1. The molecule has 5 nitrogen and oxygen atoms in total. The van der Waals surface area contributed by atoms with Gasteiger partial charge < -0.3 is 19.5 Å². The maximum Gasteiger partial charge on any atom is 0.213 e. The summed E-state index contributed by atoms with van der Waals surface area (Å²) in [6, 6.07) is 9.20. The summed E-state index contributed by atoms with van der Waals surface area (Å²) in [4.78, 5) is 4.10. The summed E-state index contributed by atoms with van der Waals surface area (Å²) in [6.45, 7) is 4.31. The number of hydrogen-bond donors (Lipinski definition) is 1. The van der Waals surface area contributed by atoms with E-state index in [1.54, 1.807) is 19.4 Å². The van der Waals surface area contributed by atoms with E-state index >= 15 is 0 Å². The fourth-order valence-corrected chi connectivity index (χ4v) is 2.33. The number of pyridine rings is 1. The zero-order valence-corrected chi connectivity index (χ0v) is 14.1. The van der Waals surface area contributed by atoms with Gasteiger partial charge in [0.25, 0.3) is 0 Å². The van der Waals surface area contributed by atoms with Gasteiger partial charge in [0, 0.05) is 42.0 Å². The van der Waals surface area contributed by atoms with E-state index in [4.69, 9.17) is 25.8 Å². The predicted octanol–water partition coefficient (Wildman–Crippen LogP) is 3.31. The number of halogens is 1. The highest BCUT2D eigenvalue weighted by atomic mass is 35.5. The van der Waals surface area contributed by atoms with Gasteiger partial charge in [-0.15, -0.1) is 0 Å². The molecule has 0 fully saturated rings. The number of hydrogen-bond acceptors (Lipinski definition) is 5. The van der Waals surface area contributed by atoms with Crippen molar-refractivity contribution in [2.45, 2.75) is 13.5 Å². The van der Waals surface area contributed by atoms with Gasteiger partial charge in [-0.2, -0.15) is 0 Å². The Balaban J connectivity index is 1.88. The minimum atomic E-state index is 0.526. The van der Waals surface area contributed by atoms with Crippen LogP contribution in [0.5, 0.6) is 17.4 Å². The monoisotopic (exact) mass is 336 g/mol. The quantitative estimate of drug-likeness (QED) is 0.712. The molecule has 6 heteroatoms. The molecule has 0 saturated heterocycles. The Kier molecular flexibility index (Phi) is 6.97. The Labute approximate surface area is 141 Å². The van der Waals surface area contributed by atoms with E-state index in [-0.39, 0.29) is 0 Å². The Bertz CT molecular complexity index is 608. The summed E-state index contributed by atoms with van der Waals surface area (Å²) in [5.74, 6) is 1.98. The smallest absolute Gasteiger partial charge is 0.213 e. The van der Waals surface area contributed by atoms with E-state index in [2.05, 4.69) is 10.3 Å². The van der Waals surface area contributed by atoms with Gasteiger partial charge in [0.15, 0.2) is 11.5 Å². The highest BCUT2D eigenvalue weighted by Crippen LogP contribution is 2.34. The molecule has 2 rings (SSSR count). The van der Waals surface area contributed by atoms with Crippen LogP contribution >= 0.6 is 11.6 Å². The van der Waals surface area contributed by atoms with Gasteiger partial charge in [0.1, 0.15) is 6.61 Å². The number of ether oxygens (including phenoxy) is 3. The molecule has 124 valence electrons. The second kappa shape index (κ2) is 9.22. The van der Waals surface area contributed by atoms with E-state index in [0.717, 1.165) is 11.3 Å². The molecule has 0 amide bonds. The lowest BCUT2D eigenvalue weighted by molar-refractivity contribution is 0.297. The standard InChI is InChI=1S/C17H21ClN2O3/c1-3-22-17-13(10-14(18)11-15(17)21-2)12-19-8-9-23-16-6-4-5-7-20-16/h4-7,10-11,19H,3,8-9,12H2,1-2H3. The molecule has 1 aromatic heterocycles. The first-order valence-corrected chi connectivity index (χ1v) is 7.86. The van der Waals surface area contributed by atoms with Crippen LogP contribution in [0.2, 0.25) is 5.02 Å². The third kappa shape index (κ3) is 5.30. The highest BCUT2D eigenvalue weighted by molar-refractivity contribution is 6.30. The Hall–Kier alpha value is -1.98. The van der Waals surface area contributed by atoms with E-state index < -0.39 is 0 Å². The molecule has 0 aliphatic carbocycles. The molecule has 0 aliphatic rings. The summed E-state index contributed by atoms with van der Waals surface area (Å²) in [5, 5.41) is 3.92. The van der Waals surface area contributed by atoms with Crippen molar-refractivity contribution in [3.63, 3.8) is 0 Å². The molecule has 0 atom stereocenters. The summed E-state index contributed by atoms with van der Waals surface area (Å²) >= 11 is 6.12. The first-order valence-electron chi connectivity index (χ1n) is 7.48. The zero-order valence-electron chi connectivity index (χ0n) is 13.3. The fraction of sp³-hybridized carbons (Fsp3) is 0.353. The van der Waals surface area contributed by atoms with Crippen LogP contribution < -0.4 is 19.5 Å². The first-order chi connectivity index (χ1) is 11.2. The summed E-state index contributed by atoms with van der Waals surface area (Å²) in [7, 11) is 1.60. The normalized spacial score (nSPS) is 10.4. The summed E-state index contributed by atoms with van der Waals surface area (Å²) in [5.41, 5.74) is 0.953. The number of benzene rings is 1. The van der Waals surface area contributed by atoms with Crippen molar-refractivity contribution in [2.75, 3.05) is 26.9 Å². The first kappa shape index (κ1) is 17.4. The van der Waals surface area contributed by atoms with Gasteiger partial charge in [-0.1, -0.05) is 17.7 Å². The van der Waals surface area contributed by atoms with Gasteiger partial charge in [-0.25, -0.2) is 4.98 Å². The van der Waals surface area contributed by atoms with Gasteiger partial charge in [-0.05, 0) is 19.1 Å². The molecule has 0 saturated carbocycles. The molecular formula is C17H21ClN2O3. The molecule has 0 aliphatic heterocycles. The molecular weight excluding hydrogens is 316 g/mol. The van der Waals surface area contributed by atoms with Crippen molar-refractivity contribution in [3.05, 3.63) is 47.1 Å². The number of aromatic nitrogens is 1. The van der Waals surface area contributed by atoms with Crippen LogP contribution in [-0.4, -0.2) is 31.9 Å². The third-order valence-electron chi connectivity index (χ3n) is 3.09. The summed E-state index contributed by atoms with van der Waals surface area (Å²) in [6.07, 6.45) is 1.70. The Morgan fingerprint density at radius 1 is 1.22 bits per heavy atom. The van der Waals surface area contributed by atoms with Crippen LogP contribution in [0.25, 0.3) is 0 Å². The lowest BCUT2D eigenvalue weighted by Gasteiger charge is -2.15. The van der Waals surface area contributed by atoms with Crippen LogP contribution in [0.15, 0.2) is 36.5 Å². The molecule has 2 aromatic rings. The van der Waals surface area contributed by atoms with E-state index in [1.807, 2.05) is 31.2 Å². The second-order valence-electron chi connectivity index (χ2n) is 4.72. The van der Waals surface area contributed by atoms with Crippen LogP contribution in [0.4, 0.5) is 0 Å². The number of nitrogens with one attached hydrogen (secondary N) is 1. The molecule has 1 N–H and O–H groups in total. The largest absolute Gasteiger partial charge is 0.493 e.